The molecule has 0 fully saturated rings. The van der Waals surface area contributed by atoms with Gasteiger partial charge < -0.3 is 21.3 Å². The second-order valence-electron chi connectivity index (χ2n) is 5.81. The molecule has 0 aliphatic heterocycles. The zero-order valence-corrected chi connectivity index (χ0v) is 12.9. The number of carbonyl (C=O) groups is 2. The summed E-state index contributed by atoms with van der Waals surface area (Å²) < 4.78 is 5.23. The summed E-state index contributed by atoms with van der Waals surface area (Å²) in [6.45, 7) is -0.516. The zero-order valence-electron chi connectivity index (χ0n) is 12.9. The first-order chi connectivity index (χ1) is 11.5. The Labute approximate surface area is 139 Å². The van der Waals surface area contributed by atoms with Crippen LogP contribution in [0.15, 0.2) is 48.5 Å². The van der Waals surface area contributed by atoms with Crippen molar-refractivity contribution < 1.29 is 19.4 Å². The fraction of sp³-hybridized carbons (Fsp3) is 0.222. The van der Waals surface area contributed by atoms with Crippen LogP contribution in [0.25, 0.3) is 11.1 Å². The highest BCUT2D eigenvalue weighted by molar-refractivity contribution is 6.04. The van der Waals surface area contributed by atoms with Gasteiger partial charge in [0, 0.05) is 12.5 Å². The number of benzene rings is 2. The maximum atomic E-state index is 12.1. The Kier molecular flexibility index (Phi) is 4.09. The van der Waals surface area contributed by atoms with Gasteiger partial charge in [-0.25, -0.2) is 9.59 Å². The Balaban J connectivity index is 1.86. The third-order valence-corrected chi connectivity index (χ3v) is 4.41. The highest BCUT2D eigenvalue weighted by Gasteiger charge is 2.43. The monoisotopic (exact) mass is 326 g/mol. The SMILES string of the molecule is NC[C@](N)(C(=O)O)C(=O)OCC1c2ccccc2-c2ccccc21. The lowest BCUT2D eigenvalue weighted by molar-refractivity contribution is -0.160. The van der Waals surface area contributed by atoms with E-state index in [4.69, 9.17) is 21.3 Å². The minimum Gasteiger partial charge on any atom is -0.479 e. The van der Waals surface area contributed by atoms with Crippen LogP contribution in [-0.4, -0.2) is 35.7 Å². The number of carbonyl (C=O) groups excluding carboxylic acids is 1. The highest BCUT2D eigenvalue weighted by Crippen LogP contribution is 2.44. The van der Waals surface area contributed by atoms with Crippen LogP contribution in [0.1, 0.15) is 17.0 Å². The van der Waals surface area contributed by atoms with Gasteiger partial charge in [-0.2, -0.15) is 0 Å². The van der Waals surface area contributed by atoms with Crippen molar-refractivity contribution in [2.24, 2.45) is 11.5 Å². The summed E-state index contributed by atoms with van der Waals surface area (Å²) >= 11 is 0. The summed E-state index contributed by atoms with van der Waals surface area (Å²) in [5.74, 6) is -2.68. The van der Waals surface area contributed by atoms with Gasteiger partial charge in [-0.3, -0.25) is 0 Å². The molecule has 1 aliphatic rings. The number of ether oxygens (including phenoxy) is 1. The maximum absolute atomic E-state index is 12.1. The van der Waals surface area contributed by atoms with Crippen LogP contribution in [0.2, 0.25) is 0 Å². The first-order valence-electron chi connectivity index (χ1n) is 7.57. The molecule has 0 amide bonds. The molecule has 24 heavy (non-hydrogen) atoms. The van der Waals surface area contributed by atoms with Gasteiger partial charge in [-0.05, 0) is 22.3 Å². The molecular formula is C18H18N2O4. The van der Waals surface area contributed by atoms with Crippen molar-refractivity contribution in [1.82, 2.24) is 0 Å². The first kappa shape index (κ1) is 16.2. The van der Waals surface area contributed by atoms with Gasteiger partial charge in [0.15, 0.2) is 0 Å². The van der Waals surface area contributed by atoms with Crippen molar-refractivity contribution in [3.05, 3.63) is 59.7 Å². The maximum Gasteiger partial charge on any atom is 0.339 e. The number of carboxylic acids is 1. The van der Waals surface area contributed by atoms with E-state index in [0.29, 0.717) is 0 Å². The molecule has 0 saturated carbocycles. The lowest BCUT2D eigenvalue weighted by Crippen LogP contribution is -2.60. The van der Waals surface area contributed by atoms with Crippen molar-refractivity contribution >= 4 is 11.9 Å². The molecule has 1 atom stereocenters. The summed E-state index contributed by atoms with van der Waals surface area (Å²) in [7, 11) is 0. The van der Waals surface area contributed by atoms with Crippen molar-refractivity contribution in [3.8, 4) is 11.1 Å². The first-order valence-corrected chi connectivity index (χ1v) is 7.57. The number of nitrogens with two attached hydrogens (primary N) is 2. The molecule has 0 spiro atoms. The van der Waals surface area contributed by atoms with Gasteiger partial charge in [0.1, 0.15) is 6.61 Å². The van der Waals surface area contributed by atoms with Crippen LogP contribution in [0.4, 0.5) is 0 Å². The molecule has 6 heteroatoms. The predicted octanol–water partition coefficient (Wildman–Crippen LogP) is 1.08. The van der Waals surface area contributed by atoms with Crippen LogP contribution in [0.3, 0.4) is 0 Å². The average Bonchev–Trinajstić information content (AvgIpc) is 2.92. The van der Waals surface area contributed by atoms with E-state index >= 15 is 0 Å². The van der Waals surface area contributed by atoms with Crippen LogP contribution >= 0.6 is 0 Å². The third-order valence-electron chi connectivity index (χ3n) is 4.41. The molecule has 2 aromatic rings. The molecule has 0 aromatic heterocycles. The van der Waals surface area contributed by atoms with Crippen LogP contribution < -0.4 is 11.5 Å². The number of rotatable bonds is 5. The molecule has 1 aliphatic carbocycles. The van der Waals surface area contributed by atoms with Crippen molar-refractivity contribution in [2.75, 3.05) is 13.2 Å². The fourth-order valence-corrected chi connectivity index (χ4v) is 2.99. The van der Waals surface area contributed by atoms with E-state index in [-0.39, 0.29) is 12.5 Å². The van der Waals surface area contributed by atoms with Crippen LogP contribution in [0.5, 0.6) is 0 Å². The molecule has 124 valence electrons. The topological polar surface area (TPSA) is 116 Å². The molecule has 2 aromatic carbocycles. The van der Waals surface area contributed by atoms with E-state index < -0.39 is 24.0 Å². The molecule has 5 N–H and O–H groups in total. The summed E-state index contributed by atoms with van der Waals surface area (Å²) in [6.07, 6.45) is 0. The molecular weight excluding hydrogens is 308 g/mol. The summed E-state index contributed by atoms with van der Waals surface area (Å²) in [4.78, 5) is 23.3. The second-order valence-corrected chi connectivity index (χ2v) is 5.81. The van der Waals surface area contributed by atoms with Crippen molar-refractivity contribution in [2.45, 2.75) is 11.5 Å². The quantitative estimate of drug-likeness (QED) is 0.559. The Hall–Kier alpha value is -2.70. The van der Waals surface area contributed by atoms with E-state index in [1.165, 1.54) is 0 Å². The lowest BCUT2D eigenvalue weighted by Gasteiger charge is -2.22. The second kappa shape index (κ2) is 6.07. The summed E-state index contributed by atoms with van der Waals surface area (Å²) in [6, 6.07) is 15.7. The Morgan fingerprint density at radius 1 is 1.04 bits per heavy atom. The van der Waals surface area contributed by atoms with Gasteiger partial charge in [0.2, 0.25) is 5.54 Å². The number of aliphatic carboxylic acids is 1. The molecule has 0 heterocycles. The van der Waals surface area contributed by atoms with E-state index in [1.54, 1.807) is 0 Å². The highest BCUT2D eigenvalue weighted by atomic mass is 16.5. The van der Waals surface area contributed by atoms with E-state index in [9.17, 15) is 9.59 Å². The molecule has 0 bridgehead atoms. The van der Waals surface area contributed by atoms with E-state index in [1.807, 2.05) is 48.5 Å². The van der Waals surface area contributed by atoms with Gasteiger partial charge >= 0.3 is 11.9 Å². The lowest BCUT2D eigenvalue weighted by atomic mass is 9.97. The molecule has 0 radical (unpaired) electrons. The largest absolute Gasteiger partial charge is 0.479 e. The van der Waals surface area contributed by atoms with Gasteiger partial charge in [-0.1, -0.05) is 48.5 Å². The molecule has 0 saturated heterocycles. The smallest absolute Gasteiger partial charge is 0.339 e. The zero-order chi connectivity index (χ0) is 17.3. The fourth-order valence-electron chi connectivity index (χ4n) is 2.99. The predicted molar refractivity (Wildman–Crippen MR) is 88.3 cm³/mol. The number of hydrogen-bond donors (Lipinski definition) is 3. The molecule has 3 rings (SSSR count). The van der Waals surface area contributed by atoms with Gasteiger partial charge in [0.25, 0.3) is 0 Å². The number of esters is 1. The minimum absolute atomic E-state index is 0.0130. The normalized spacial score (nSPS) is 15.2. The van der Waals surface area contributed by atoms with E-state index in [0.717, 1.165) is 22.3 Å². The van der Waals surface area contributed by atoms with Crippen molar-refractivity contribution in [1.29, 1.82) is 0 Å². The number of carboxylic acid groups (broad SMARTS) is 1. The molecule has 6 nitrogen and oxygen atoms in total. The third kappa shape index (κ3) is 2.46. The number of hydrogen-bond acceptors (Lipinski definition) is 5. The van der Waals surface area contributed by atoms with Crippen molar-refractivity contribution in [3.63, 3.8) is 0 Å². The summed E-state index contributed by atoms with van der Waals surface area (Å²) in [5, 5.41) is 9.10. The van der Waals surface area contributed by atoms with Gasteiger partial charge in [0.05, 0.1) is 0 Å². The number of fused-ring (bicyclic) bond motifs is 3. The summed E-state index contributed by atoms with van der Waals surface area (Å²) in [5.41, 5.74) is 12.9. The average molecular weight is 326 g/mol. The standard InChI is InChI=1S/C18H18N2O4/c19-10-18(20,16(21)22)17(23)24-9-15-13-7-3-1-5-11(13)12-6-2-4-8-14(12)15/h1-8,15H,9-10,19-20H2,(H,21,22)/t18-/m0/s1. The van der Waals surface area contributed by atoms with E-state index in [2.05, 4.69) is 0 Å². The Bertz CT molecular complexity index is 760. The Morgan fingerprint density at radius 3 is 2.00 bits per heavy atom. The Morgan fingerprint density at radius 2 is 1.54 bits per heavy atom. The molecule has 0 unspecified atom stereocenters. The minimum atomic E-state index is -2.22. The van der Waals surface area contributed by atoms with Gasteiger partial charge in [-0.15, -0.1) is 0 Å². The van der Waals surface area contributed by atoms with Crippen LogP contribution in [0, 0.1) is 0 Å². The van der Waals surface area contributed by atoms with Crippen LogP contribution in [-0.2, 0) is 14.3 Å².